The van der Waals surface area contributed by atoms with Crippen molar-refractivity contribution in [1.29, 1.82) is 0 Å². The SMILES string of the molecule is c1ccc(-c2cccc(-c3cc(-c4ccc5cc(-c6ccccc6)n6nc(-c7ccccc7)c(-c7ccccc7)c6c5c4)cc(-c4ccccc4)n3)c2)cc1. The van der Waals surface area contributed by atoms with Gasteiger partial charge in [-0.3, -0.25) is 0 Å². The summed E-state index contributed by atoms with van der Waals surface area (Å²) in [6.07, 6.45) is 0. The topological polar surface area (TPSA) is 30.2 Å². The van der Waals surface area contributed by atoms with Crippen LogP contribution in [-0.4, -0.2) is 14.6 Å². The first-order chi connectivity index (χ1) is 27.3. The first kappa shape index (κ1) is 32.3. The molecule has 0 saturated carbocycles. The summed E-state index contributed by atoms with van der Waals surface area (Å²) < 4.78 is 2.16. The number of benzene rings is 7. The molecule has 7 aromatic carbocycles. The van der Waals surface area contributed by atoms with Gasteiger partial charge in [-0.1, -0.05) is 182 Å². The number of hydrogen-bond donors (Lipinski definition) is 0. The van der Waals surface area contributed by atoms with E-state index >= 15 is 0 Å². The molecule has 0 aliphatic heterocycles. The zero-order chi connectivity index (χ0) is 36.6. The molecule has 55 heavy (non-hydrogen) atoms. The Kier molecular flexibility index (Phi) is 8.16. The molecule has 0 saturated heterocycles. The summed E-state index contributed by atoms with van der Waals surface area (Å²) in [5.74, 6) is 0. The van der Waals surface area contributed by atoms with Gasteiger partial charge in [0.05, 0.1) is 22.6 Å². The van der Waals surface area contributed by atoms with Crippen molar-refractivity contribution in [2.75, 3.05) is 0 Å². The van der Waals surface area contributed by atoms with Crippen LogP contribution in [0, 0.1) is 0 Å². The molecule has 0 aliphatic rings. The van der Waals surface area contributed by atoms with Crippen molar-refractivity contribution in [2.45, 2.75) is 0 Å². The molecular weight excluding hydrogens is 667 g/mol. The van der Waals surface area contributed by atoms with Gasteiger partial charge in [0.1, 0.15) is 5.69 Å². The van der Waals surface area contributed by atoms with Crippen LogP contribution >= 0.6 is 0 Å². The van der Waals surface area contributed by atoms with Crippen molar-refractivity contribution in [2.24, 2.45) is 0 Å². The summed E-state index contributed by atoms with van der Waals surface area (Å²) in [7, 11) is 0. The summed E-state index contributed by atoms with van der Waals surface area (Å²) in [6.45, 7) is 0. The van der Waals surface area contributed by atoms with Gasteiger partial charge in [-0.15, -0.1) is 0 Å². The van der Waals surface area contributed by atoms with Gasteiger partial charge in [0.2, 0.25) is 0 Å². The highest BCUT2D eigenvalue weighted by Gasteiger charge is 2.22. The molecule has 3 heteroatoms. The van der Waals surface area contributed by atoms with Crippen LogP contribution < -0.4 is 0 Å². The standard InChI is InChI=1S/C52H35N3/c1-6-17-36(18-7-1)41-27-16-28-44(31-41)48-34-45(33-47(53-48)37-19-8-2-9-20-37)42-29-30-43-35-49(38-21-10-3-11-22-38)55-52(46(43)32-42)50(39-23-12-4-13-24-39)51(54-55)40-25-14-5-15-26-40/h1-35H. The van der Waals surface area contributed by atoms with Crippen LogP contribution in [-0.2, 0) is 0 Å². The van der Waals surface area contributed by atoms with Crippen LogP contribution in [0.4, 0.5) is 0 Å². The molecule has 0 radical (unpaired) electrons. The fraction of sp³-hybridized carbons (Fsp3) is 0. The highest BCUT2D eigenvalue weighted by Crippen LogP contribution is 2.42. The zero-order valence-corrected chi connectivity index (χ0v) is 30.0. The molecule has 0 bridgehead atoms. The van der Waals surface area contributed by atoms with Crippen LogP contribution in [0.1, 0.15) is 0 Å². The number of fused-ring (bicyclic) bond motifs is 3. The Morgan fingerprint density at radius 1 is 0.327 bits per heavy atom. The Morgan fingerprint density at radius 3 is 1.49 bits per heavy atom. The van der Waals surface area contributed by atoms with Gasteiger partial charge < -0.3 is 0 Å². The number of rotatable bonds is 7. The van der Waals surface area contributed by atoms with E-state index in [1.54, 1.807) is 0 Å². The highest BCUT2D eigenvalue weighted by atomic mass is 15.2. The minimum absolute atomic E-state index is 0.930. The minimum atomic E-state index is 0.930. The van der Waals surface area contributed by atoms with Crippen molar-refractivity contribution in [3.05, 3.63) is 212 Å². The Labute approximate surface area is 320 Å². The smallest absolute Gasteiger partial charge is 0.101 e. The van der Waals surface area contributed by atoms with Crippen LogP contribution in [0.15, 0.2) is 212 Å². The van der Waals surface area contributed by atoms with Crippen molar-refractivity contribution >= 4 is 16.3 Å². The molecule has 258 valence electrons. The molecule has 0 amide bonds. The predicted molar refractivity (Wildman–Crippen MR) is 229 cm³/mol. The first-order valence-corrected chi connectivity index (χ1v) is 18.7. The Balaban J connectivity index is 1.24. The summed E-state index contributed by atoms with van der Waals surface area (Å²) in [5.41, 5.74) is 16.1. The summed E-state index contributed by atoms with van der Waals surface area (Å²) in [5, 5.41) is 7.72. The molecule has 10 rings (SSSR count). The van der Waals surface area contributed by atoms with Crippen LogP contribution in [0.5, 0.6) is 0 Å². The number of aromatic nitrogens is 3. The Bertz CT molecular complexity index is 2940. The van der Waals surface area contributed by atoms with Gasteiger partial charge in [0, 0.05) is 33.2 Å². The van der Waals surface area contributed by atoms with E-state index < -0.39 is 0 Å². The van der Waals surface area contributed by atoms with Gasteiger partial charge in [-0.05, 0) is 63.5 Å². The quantitative estimate of drug-likeness (QED) is 0.166. The molecule has 0 fully saturated rings. The third-order valence-electron chi connectivity index (χ3n) is 10.4. The zero-order valence-electron chi connectivity index (χ0n) is 30.0. The lowest BCUT2D eigenvalue weighted by molar-refractivity contribution is 0.979. The molecule has 0 aliphatic carbocycles. The monoisotopic (exact) mass is 701 g/mol. The normalized spacial score (nSPS) is 11.3. The maximum Gasteiger partial charge on any atom is 0.101 e. The Morgan fingerprint density at radius 2 is 0.836 bits per heavy atom. The van der Waals surface area contributed by atoms with Gasteiger partial charge in [0.25, 0.3) is 0 Å². The van der Waals surface area contributed by atoms with Crippen LogP contribution in [0.2, 0.25) is 0 Å². The van der Waals surface area contributed by atoms with Crippen LogP contribution in [0.25, 0.3) is 94.7 Å². The largest absolute Gasteiger partial charge is 0.248 e. The van der Waals surface area contributed by atoms with Gasteiger partial charge in [-0.25, -0.2) is 9.50 Å². The fourth-order valence-corrected chi connectivity index (χ4v) is 7.70. The maximum atomic E-state index is 5.44. The third kappa shape index (κ3) is 6.08. The molecule has 3 heterocycles. The second kappa shape index (κ2) is 13.9. The van der Waals surface area contributed by atoms with Crippen molar-refractivity contribution in [3.63, 3.8) is 0 Å². The molecule has 0 atom stereocenters. The van der Waals surface area contributed by atoms with E-state index in [-0.39, 0.29) is 0 Å². The molecule has 3 nitrogen and oxygen atoms in total. The van der Waals surface area contributed by atoms with Crippen molar-refractivity contribution in [1.82, 2.24) is 14.6 Å². The molecule has 10 aromatic rings. The fourth-order valence-electron chi connectivity index (χ4n) is 7.70. The molecule has 0 unspecified atom stereocenters. The van der Waals surface area contributed by atoms with E-state index in [2.05, 4.69) is 217 Å². The summed E-state index contributed by atoms with van der Waals surface area (Å²) in [4.78, 5) is 5.27. The number of nitrogens with zero attached hydrogens (tertiary/aromatic N) is 3. The van der Waals surface area contributed by atoms with E-state index in [0.717, 1.165) is 89.1 Å². The molecular formula is C52H35N3. The summed E-state index contributed by atoms with van der Waals surface area (Å²) >= 11 is 0. The maximum absolute atomic E-state index is 5.44. The van der Waals surface area contributed by atoms with Crippen molar-refractivity contribution < 1.29 is 0 Å². The van der Waals surface area contributed by atoms with Crippen LogP contribution in [0.3, 0.4) is 0 Å². The Hall–Kier alpha value is -7.36. The first-order valence-electron chi connectivity index (χ1n) is 18.7. The predicted octanol–water partition coefficient (Wildman–Crippen LogP) is 13.6. The average Bonchev–Trinajstić information content (AvgIpc) is 3.69. The van der Waals surface area contributed by atoms with Crippen molar-refractivity contribution in [3.8, 4) is 78.4 Å². The summed E-state index contributed by atoms with van der Waals surface area (Å²) in [6, 6.07) is 75.1. The molecule has 3 aromatic heterocycles. The van der Waals surface area contributed by atoms with E-state index in [9.17, 15) is 0 Å². The van der Waals surface area contributed by atoms with Gasteiger partial charge in [0.15, 0.2) is 0 Å². The second-order valence-corrected chi connectivity index (χ2v) is 13.9. The second-order valence-electron chi connectivity index (χ2n) is 13.9. The highest BCUT2D eigenvalue weighted by molar-refractivity contribution is 6.09. The molecule has 0 N–H and O–H groups in total. The number of hydrogen-bond acceptors (Lipinski definition) is 2. The van der Waals surface area contributed by atoms with E-state index in [1.807, 2.05) is 0 Å². The lowest BCUT2D eigenvalue weighted by atomic mass is 9.94. The van der Waals surface area contributed by atoms with Gasteiger partial charge >= 0.3 is 0 Å². The van der Waals surface area contributed by atoms with Gasteiger partial charge in [-0.2, -0.15) is 5.10 Å². The van der Waals surface area contributed by atoms with E-state index in [1.165, 1.54) is 5.56 Å². The third-order valence-corrected chi connectivity index (χ3v) is 10.4. The van der Waals surface area contributed by atoms with E-state index in [4.69, 9.17) is 10.1 Å². The lowest BCUT2D eigenvalue weighted by Crippen LogP contribution is -1.96. The lowest BCUT2D eigenvalue weighted by Gasteiger charge is -2.14. The minimum Gasteiger partial charge on any atom is -0.248 e. The average molecular weight is 702 g/mol. The molecule has 0 spiro atoms. The number of pyridine rings is 2. The van der Waals surface area contributed by atoms with E-state index in [0.29, 0.717) is 0 Å².